The summed E-state index contributed by atoms with van der Waals surface area (Å²) in [5, 5.41) is 8.67. The third kappa shape index (κ3) is 3.08. The molecule has 136 valence electrons. The average Bonchev–Trinajstić information content (AvgIpc) is 3.12. The highest BCUT2D eigenvalue weighted by atomic mass is 16.1. The summed E-state index contributed by atoms with van der Waals surface area (Å²) in [4.78, 5) is 21.2. The number of rotatable bonds is 5. The predicted molar refractivity (Wildman–Crippen MR) is 105 cm³/mol. The standard InChI is InChI=1S/C20H20N6O/c1-12(2)16(17(21)27)23-20-22-15-11-7-6-10-14(15)19-24-18(25-26(19)20)13-8-4-3-5-9-13/h3-12,16H,1-2H3,(H2,21,27)(H,22,23)/t16-/m1/s1. The summed E-state index contributed by atoms with van der Waals surface area (Å²) in [6.45, 7) is 3.86. The van der Waals surface area contributed by atoms with E-state index in [0.29, 0.717) is 17.4 Å². The van der Waals surface area contributed by atoms with Gasteiger partial charge in [-0.15, -0.1) is 5.10 Å². The van der Waals surface area contributed by atoms with Crippen LogP contribution in [0.15, 0.2) is 54.6 Å². The number of nitrogens with two attached hydrogens (primary N) is 1. The van der Waals surface area contributed by atoms with Crippen molar-refractivity contribution in [3.63, 3.8) is 0 Å². The Bertz CT molecular complexity index is 1120. The number of para-hydroxylation sites is 1. The van der Waals surface area contributed by atoms with Gasteiger partial charge in [-0.05, 0) is 18.1 Å². The SMILES string of the molecule is CC(C)[C@@H](Nc1nc2ccccc2c2nc(-c3ccccc3)nn12)C(N)=O. The molecule has 0 spiro atoms. The van der Waals surface area contributed by atoms with E-state index in [1.165, 1.54) is 0 Å². The Kier molecular flexibility index (Phi) is 4.19. The number of carbonyl (C=O) groups is 1. The number of fused-ring (bicyclic) bond motifs is 3. The predicted octanol–water partition coefficient (Wildman–Crippen LogP) is 2.87. The first-order valence-corrected chi connectivity index (χ1v) is 8.81. The van der Waals surface area contributed by atoms with Crippen molar-refractivity contribution in [3.8, 4) is 11.4 Å². The summed E-state index contributed by atoms with van der Waals surface area (Å²) < 4.78 is 1.64. The highest BCUT2D eigenvalue weighted by Crippen LogP contribution is 2.24. The molecule has 7 nitrogen and oxygen atoms in total. The molecule has 0 unspecified atom stereocenters. The fourth-order valence-electron chi connectivity index (χ4n) is 3.06. The Labute approximate surface area is 156 Å². The monoisotopic (exact) mass is 360 g/mol. The zero-order valence-corrected chi connectivity index (χ0v) is 15.1. The Hall–Kier alpha value is -3.48. The van der Waals surface area contributed by atoms with E-state index in [-0.39, 0.29) is 5.92 Å². The number of benzene rings is 2. The molecule has 0 saturated heterocycles. The maximum atomic E-state index is 11.9. The molecule has 7 heteroatoms. The lowest BCUT2D eigenvalue weighted by Crippen LogP contribution is -2.40. The normalized spacial score (nSPS) is 12.6. The van der Waals surface area contributed by atoms with Gasteiger partial charge in [-0.25, -0.2) is 9.97 Å². The molecule has 2 aromatic carbocycles. The van der Waals surface area contributed by atoms with Crippen LogP contribution in [-0.2, 0) is 4.79 Å². The maximum Gasteiger partial charge on any atom is 0.240 e. The number of aromatic nitrogens is 4. The molecule has 0 aliphatic carbocycles. The fraction of sp³-hybridized carbons (Fsp3) is 0.200. The summed E-state index contributed by atoms with van der Waals surface area (Å²) in [5.41, 5.74) is 7.92. The highest BCUT2D eigenvalue weighted by Gasteiger charge is 2.22. The van der Waals surface area contributed by atoms with Gasteiger partial charge in [0.25, 0.3) is 0 Å². The molecule has 2 heterocycles. The fourth-order valence-corrected chi connectivity index (χ4v) is 3.06. The van der Waals surface area contributed by atoms with Crippen molar-refractivity contribution in [2.24, 2.45) is 11.7 Å². The third-order valence-electron chi connectivity index (χ3n) is 4.47. The van der Waals surface area contributed by atoms with Gasteiger partial charge in [0, 0.05) is 10.9 Å². The van der Waals surface area contributed by atoms with E-state index in [0.717, 1.165) is 16.5 Å². The molecule has 2 aromatic heterocycles. The zero-order valence-electron chi connectivity index (χ0n) is 15.1. The van der Waals surface area contributed by atoms with E-state index in [1.54, 1.807) is 4.52 Å². The van der Waals surface area contributed by atoms with Crippen LogP contribution in [0.2, 0.25) is 0 Å². The van der Waals surface area contributed by atoms with Gasteiger partial charge >= 0.3 is 0 Å². The van der Waals surface area contributed by atoms with Crippen LogP contribution in [0.25, 0.3) is 27.9 Å². The molecule has 4 rings (SSSR count). The minimum absolute atomic E-state index is 0.00272. The van der Waals surface area contributed by atoms with Crippen molar-refractivity contribution in [2.45, 2.75) is 19.9 Å². The Morgan fingerprint density at radius 1 is 1.04 bits per heavy atom. The molecule has 0 bridgehead atoms. The van der Waals surface area contributed by atoms with Gasteiger partial charge < -0.3 is 11.1 Å². The molecule has 3 N–H and O–H groups in total. The smallest absolute Gasteiger partial charge is 0.240 e. The van der Waals surface area contributed by atoms with Crippen LogP contribution >= 0.6 is 0 Å². The van der Waals surface area contributed by atoms with Crippen molar-refractivity contribution >= 4 is 28.4 Å². The molecule has 1 atom stereocenters. The van der Waals surface area contributed by atoms with Crippen molar-refractivity contribution in [3.05, 3.63) is 54.6 Å². The lowest BCUT2D eigenvalue weighted by atomic mass is 10.0. The lowest BCUT2D eigenvalue weighted by molar-refractivity contribution is -0.119. The summed E-state index contributed by atoms with van der Waals surface area (Å²) in [7, 11) is 0. The van der Waals surface area contributed by atoms with Crippen LogP contribution in [0.3, 0.4) is 0 Å². The van der Waals surface area contributed by atoms with E-state index in [4.69, 9.17) is 10.7 Å². The molecule has 4 aromatic rings. The number of carbonyl (C=O) groups excluding carboxylic acids is 1. The lowest BCUT2D eigenvalue weighted by Gasteiger charge is -2.19. The second kappa shape index (κ2) is 6.68. The molecule has 0 fully saturated rings. The van der Waals surface area contributed by atoms with Crippen molar-refractivity contribution in [2.75, 3.05) is 5.32 Å². The van der Waals surface area contributed by atoms with E-state index in [1.807, 2.05) is 68.4 Å². The van der Waals surface area contributed by atoms with E-state index < -0.39 is 11.9 Å². The molecular weight excluding hydrogens is 340 g/mol. The van der Waals surface area contributed by atoms with Gasteiger partial charge in [0.2, 0.25) is 11.9 Å². The number of primary amides is 1. The second-order valence-corrected chi connectivity index (χ2v) is 6.76. The van der Waals surface area contributed by atoms with Crippen LogP contribution in [0.4, 0.5) is 5.95 Å². The molecule has 0 saturated carbocycles. The molecule has 1 amide bonds. The van der Waals surface area contributed by atoms with E-state index in [2.05, 4.69) is 15.4 Å². The van der Waals surface area contributed by atoms with E-state index >= 15 is 0 Å². The maximum absolute atomic E-state index is 11.9. The van der Waals surface area contributed by atoms with Crippen LogP contribution in [0.1, 0.15) is 13.8 Å². The van der Waals surface area contributed by atoms with Crippen molar-refractivity contribution < 1.29 is 4.79 Å². The Morgan fingerprint density at radius 3 is 2.44 bits per heavy atom. The number of nitrogens with one attached hydrogen (secondary N) is 1. The quantitative estimate of drug-likeness (QED) is 0.570. The average molecular weight is 360 g/mol. The molecule has 0 aliphatic heterocycles. The first-order chi connectivity index (χ1) is 13.0. The van der Waals surface area contributed by atoms with Crippen molar-refractivity contribution in [1.82, 2.24) is 19.6 Å². The minimum atomic E-state index is -0.564. The second-order valence-electron chi connectivity index (χ2n) is 6.76. The summed E-state index contributed by atoms with van der Waals surface area (Å²) >= 11 is 0. The Balaban J connectivity index is 1.94. The topological polar surface area (TPSA) is 98.2 Å². The minimum Gasteiger partial charge on any atom is -0.368 e. The Morgan fingerprint density at radius 2 is 1.74 bits per heavy atom. The molecular formula is C20H20N6O. The van der Waals surface area contributed by atoms with Crippen LogP contribution in [0.5, 0.6) is 0 Å². The van der Waals surface area contributed by atoms with Gasteiger partial charge in [-0.2, -0.15) is 4.52 Å². The van der Waals surface area contributed by atoms with Crippen molar-refractivity contribution in [1.29, 1.82) is 0 Å². The highest BCUT2D eigenvalue weighted by molar-refractivity contribution is 5.93. The summed E-state index contributed by atoms with van der Waals surface area (Å²) in [6.07, 6.45) is 0. The summed E-state index contributed by atoms with van der Waals surface area (Å²) in [5.74, 6) is 0.604. The third-order valence-corrected chi connectivity index (χ3v) is 4.47. The van der Waals surface area contributed by atoms with E-state index in [9.17, 15) is 4.79 Å². The van der Waals surface area contributed by atoms with Gasteiger partial charge in [0.1, 0.15) is 6.04 Å². The molecule has 0 radical (unpaired) electrons. The molecule has 0 aliphatic rings. The van der Waals surface area contributed by atoms with Crippen LogP contribution in [0, 0.1) is 5.92 Å². The van der Waals surface area contributed by atoms with Crippen LogP contribution < -0.4 is 11.1 Å². The number of nitrogens with zero attached hydrogens (tertiary/aromatic N) is 4. The van der Waals surface area contributed by atoms with Gasteiger partial charge in [-0.1, -0.05) is 56.3 Å². The first-order valence-electron chi connectivity index (χ1n) is 8.81. The number of hydrogen-bond acceptors (Lipinski definition) is 5. The number of hydrogen-bond donors (Lipinski definition) is 2. The van der Waals surface area contributed by atoms with Gasteiger partial charge in [0.05, 0.1) is 5.52 Å². The number of anilines is 1. The van der Waals surface area contributed by atoms with Crippen LogP contribution in [-0.4, -0.2) is 31.5 Å². The first kappa shape index (κ1) is 17.0. The zero-order chi connectivity index (χ0) is 19.0. The largest absolute Gasteiger partial charge is 0.368 e. The number of amides is 1. The summed E-state index contributed by atoms with van der Waals surface area (Å²) in [6, 6.07) is 16.9. The molecule has 27 heavy (non-hydrogen) atoms. The van der Waals surface area contributed by atoms with Gasteiger partial charge in [-0.3, -0.25) is 4.79 Å². The van der Waals surface area contributed by atoms with Gasteiger partial charge in [0.15, 0.2) is 11.5 Å².